The quantitative estimate of drug-likeness (QED) is 0.432. The number of benzene rings is 1. The van der Waals surface area contributed by atoms with E-state index in [0.29, 0.717) is 37.5 Å². The Morgan fingerprint density at radius 2 is 1.88 bits per heavy atom. The molecule has 41 heavy (non-hydrogen) atoms. The number of methoxy groups -OCH3 is 1. The van der Waals surface area contributed by atoms with E-state index in [1.54, 1.807) is 27.6 Å². The number of hydrogen-bond acceptors (Lipinski definition) is 9. The van der Waals surface area contributed by atoms with Gasteiger partial charge >= 0.3 is 6.09 Å². The fourth-order valence-electron chi connectivity index (χ4n) is 5.60. The average molecular weight is 589 g/mol. The van der Waals surface area contributed by atoms with Gasteiger partial charge < -0.3 is 19.3 Å². The molecule has 1 spiro atoms. The summed E-state index contributed by atoms with van der Waals surface area (Å²) in [5.41, 5.74) is -0.805. The first-order valence-corrected chi connectivity index (χ1v) is 14.0. The summed E-state index contributed by atoms with van der Waals surface area (Å²) in [5.74, 6) is -1.86. The highest BCUT2D eigenvalue weighted by Crippen LogP contribution is 2.38. The maximum Gasteiger partial charge on any atom is 0.409 e. The largest absolute Gasteiger partial charge is 0.491 e. The Hall–Kier alpha value is -4.07. The van der Waals surface area contributed by atoms with Gasteiger partial charge in [0.1, 0.15) is 22.3 Å². The van der Waals surface area contributed by atoms with E-state index in [-0.39, 0.29) is 46.5 Å². The molecule has 2 aromatic heterocycles. The third-order valence-electron chi connectivity index (χ3n) is 7.69. The molecule has 2 amide bonds. The first-order chi connectivity index (χ1) is 19.6. The minimum Gasteiger partial charge on any atom is -0.491 e. The van der Waals surface area contributed by atoms with E-state index in [1.807, 2.05) is 19.0 Å². The van der Waals surface area contributed by atoms with Crippen molar-refractivity contribution in [1.82, 2.24) is 24.7 Å². The standard InChI is InChI=1S/C27H30F2N6O5S/c1-5-34-25(37)21-23(39-4)22(36)18(24-31-30-20(41-24)13-16-7-8-17(28)14-19(16)29)15-35(21)32(3)27(34)9-11-33(12-10-27)26(38)40-6-2/h7-8,14-15H,5-6,9-13H2,1-4H3. The number of pyridine rings is 1. The summed E-state index contributed by atoms with van der Waals surface area (Å²) in [4.78, 5) is 43.2. The fourth-order valence-corrected chi connectivity index (χ4v) is 6.47. The van der Waals surface area contributed by atoms with Crippen LogP contribution in [0.2, 0.25) is 0 Å². The number of hydrogen-bond donors (Lipinski definition) is 0. The van der Waals surface area contributed by atoms with Crippen molar-refractivity contribution in [2.45, 2.75) is 38.8 Å². The van der Waals surface area contributed by atoms with Crippen LogP contribution in [0.15, 0.2) is 29.2 Å². The van der Waals surface area contributed by atoms with Gasteiger partial charge in [-0.2, -0.15) is 0 Å². The third-order valence-corrected chi connectivity index (χ3v) is 8.64. The van der Waals surface area contributed by atoms with Crippen LogP contribution in [0.1, 0.15) is 47.7 Å². The predicted molar refractivity (Wildman–Crippen MR) is 147 cm³/mol. The molecule has 1 fully saturated rings. The Kier molecular flexibility index (Phi) is 7.68. The Morgan fingerprint density at radius 3 is 2.51 bits per heavy atom. The van der Waals surface area contributed by atoms with Crippen molar-refractivity contribution >= 4 is 23.3 Å². The van der Waals surface area contributed by atoms with Gasteiger partial charge in [0.25, 0.3) is 5.91 Å². The summed E-state index contributed by atoms with van der Waals surface area (Å²) in [6.45, 7) is 5.03. The summed E-state index contributed by atoms with van der Waals surface area (Å²) < 4.78 is 39.8. The summed E-state index contributed by atoms with van der Waals surface area (Å²) in [6.07, 6.45) is 2.13. The average Bonchev–Trinajstić information content (AvgIpc) is 3.42. The number of likely N-dealkylation sites (tertiary alicyclic amines) is 1. The number of halogens is 2. The van der Waals surface area contributed by atoms with E-state index in [1.165, 1.54) is 19.2 Å². The lowest BCUT2D eigenvalue weighted by atomic mass is 9.92. The molecule has 0 atom stereocenters. The van der Waals surface area contributed by atoms with E-state index in [4.69, 9.17) is 9.47 Å². The van der Waals surface area contributed by atoms with Crippen LogP contribution in [0, 0.1) is 11.6 Å². The number of fused-ring (bicyclic) bond motifs is 1. The van der Waals surface area contributed by atoms with Crippen LogP contribution >= 0.6 is 11.3 Å². The molecule has 0 saturated carbocycles. The number of carbonyl (C=O) groups is 2. The van der Waals surface area contributed by atoms with E-state index in [2.05, 4.69) is 10.2 Å². The van der Waals surface area contributed by atoms with E-state index in [0.717, 1.165) is 17.4 Å². The molecule has 5 rings (SSSR count). The van der Waals surface area contributed by atoms with Crippen molar-refractivity contribution in [2.75, 3.05) is 45.4 Å². The highest BCUT2D eigenvalue weighted by Gasteiger charge is 2.51. The molecule has 0 radical (unpaired) electrons. The van der Waals surface area contributed by atoms with Crippen LogP contribution in [-0.4, -0.2) is 82.7 Å². The second-order valence-corrected chi connectivity index (χ2v) is 10.8. The molecule has 2 aliphatic heterocycles. The van der Waals surface area contributed by atoms with Crippen LogP contribution < -0.4 is 15.2 Å². The van der Waals surface area contributed by atoms with Gasteiger partial charge in [-0.05, 0) is 25.5 Å². The molecule has 11 nitrogen and oxygen atoms in total. The maximum absolute atomic E-state index is 14.2. The molecular formula is C27H30F2N6O5S. The van der Waals surface area contributed by atoms with E-state index >= 15 is 0 Å². The fraction of sp³-hybridized carbons (Fsp3) is 0.444. The topological polar surface area (TPSA) is 110 Å². The number of nitrogens with zero attached hydrogens (tertiary/aromatic N) is 6. The second kappa shape index (κ2) is 11.1. The van der Waals surface area contributed by atoms with E-state index in [9.17, 15) is 23.2 Å². The normalized spacial score (nSPS) is 16.2. The van der Waals surface area contributed by atoms with Gasteiger partial charge in [-0.25, -0.2) is 13.6 Å². The Balaban J connectivity index is 1.53. The van der Waals surface area contributed by atoms with Crippen molar-refractivity contribution in [1.29, 1.82) is 0 Å². The number of rotatable bonds is 6. The smallest absolute Gasteiger partial charge is 0.409 e. The zero-order valence-corrected chi connectivity index (χ0v) is 24.0. The van der Waals surface area contributed by atoms with Gasteiger partial charge in [-0.3, -0.25) is 19.3 Å². The van der Waals surface area contributed by atoms with Crippen molar-refractivity contribution in [2.24, 2.45) is 0 Å². The minimum atomic E-state index is -0.772. The van der Waals surface area contributed by atoms with Crippen molar-refractivity contribution in [3.63, 3.8) is 0 Å². The minimum absolute atomic E-state index is 0.0666. The summed E-state index contributed by atoms with van der Waals surface area (Å²) in [5, 5.41) is 10.9. The Bertz CT molecular complexity index is 1550. The van der Waals surface area contributed by atoms with Crippen LogP contribution in [0.5, 0.6) is 5.75 Å². The zero-order valence-electron chi connectivity index (χ0n) is 23.1. The van der Waals surface area contributed by atoms with Crippen LogP contribution in [-0.2, 0) is 11.2 Å². The molecule has 1 saturated heterocycles. The monoisotopic (exact) mass is 588 g/mol. The first kappa shape index (κ1) is 28.5. The molecule has 2 aliphatic rings. The molecule has 0 N–H and O–H groups in total. The molecule has 4 heterocycles. The SMILES string of the molecule is CCOC(=O)N1CCC2(CC1)N(CC)C(=O)c1c(OC)c(=O)c(-c3nnc(Cc4ccc(F)cc4F)s3)cn1N2C. The van der Waals surface area contributed by atoms with Crippen LogP contribution in [0.4, 0.5) is 13.6 Å². The lowest BCUT2D eigenvalue weighted by Gasteiger charge is -2.56. The van der Waals surface area contributed by atoms with Gasteiger partial charge in [-0.1, -0.05) is 17.4 Å². The van der Waals surface area contributed by atoms with Gasteiger partial charge in [0.15, 0.2) is 16.5 Å². The van der Waals surface area contributed by atoms with E-state index < -0.39 is 28.8 Å². The van der Waals surface area contributed by atoms with Gasteiger partial charge in [-0.15, -0.1) is 10.2 Å². The molecule has 14 heteroatoms. The first-order valence-electron chi connectivity index (χ1n) is 13.2. The molecule has 218 valence electrons. The number of aromatic nitrogens is 3. The lowest BCUT2D eigenvalue weighted by molar-refractivity contribution is -0.000643. The van der Waals surface area contributed by atoms with Crippen LogP contribution in [0.25, 0.3) is 10.6 Å². The Morgan fingerprint density at radius 1 is 1.15 bits per heavy atom. The number of carbonyl (C=O) groups excluding carboxylic acids is 2. The van der Waals surface area contributed by atoms with Crippen LogP contribution in [0.3, 0.4) is 0 Å². The van der Waals surface area contributed by atoms with Gasteiger partial charge in [0.2, 0.25) is 5.43 Å². The molecule has 0 bridgehead atoms. The predicted octanol–water partition coefficient (Wildman–Crippen LogP) is 3.24. The Labute approximate surface area is 238 Å². The van der Waals surface area contributed by atoms with Crippen molar-refractivity contribution < 1.29 is 27.8 Å². The van der Waals surface area contributed by atoms with Gasteiger partial charge in [0, 0.05) is 58.2 Å². The van der Waals surface area contributed by atoms with Crippen molar-refractivity contribution in [3.05, 3.63) is 62.5 Å². The van der Waals surface area contributed by atoms with Crippen molar-refractivity contribution in [3.8, 4) is 16.3 Å². The second-order valence-electron chi connectivity index (χ2n) is 9.75. The highest BCUT2D eigenvalue weighted by atomic mass is 32.1. The number of piperidine rings is 1. The number of amides is 2. The molecule has 0 aliphatic carbocycles. The summed E-state index contributed by atoms with van der Waals surface area (Å²) in [6, 6.07) is 3.31. The zero-order chi connectivity index (χ0) is 29.5. The summed E-state index contributed by atoms with van der Waals surface area (Å²) >= 11 is 1.10. The number of ether oxygens (including phenoxy) is 2. The molecule has 3 aromatic rings. The molecular weight excluding hydrogens is 558 g/mol. The maximum atomic E-state index is 14.2. The third kappa shape index (κ3) is 4.79. The highest BCUT2D eigenvalue weighted by molar-refractivity contribution is 7.14. The lowest BCUT2D eigenvalue weighted by Crippen LogP contribution is -2.72. The summed E-state index contributed by atoms with van der Waals surface area (Å²) in [7, 11) is 3.16. The van der Waals surface area contributed by atoms with Gasteiger partial charge in [0.05, 0.1) is 19.3 Å². The molecule has 1 aromatic carbocycles. The molecule has 0 unspecified atom stereocenters.